The number of nitriles is 2. The molecule has 0 unspecified atom stereocenters. The van der Waals surface area contributed by atoms with Crippen molar-refractivity contribution in [3.63, 3.8) is 0 Å². The second-order valence-electron chi connectivity index (χ2n) is 1.97. The first-order valence-electron chi connectivity index (χ1n) is 3.07. The van der Waals surface area contributed by atoms with Crippen molar-refractivity contribution in [2.75, 3.05) is 9.26 Å². The highest BCUT2D eigenvalue weighted by Gasteiger charge is 2.09. The lowest BCUT2D eigenvalue weighted by Crippen LogP contribution is -2.03. The van der Waals surface area contributed by atoms with Crippen LogP contribution >= 0.6 is 22.9 Å². The van der Waals surface area contributed by atoms with E-state index in [1.807, 2.05) is 22.9 Å². The number of halogens is 1. The van der Waals surface area contributed by atoms with Gasteiger partial charge >= 0.3 is 0 Å². The molecule has 0 atom stereocenters. The number of nitrogens with zero attached hydrogens (tertiary/aromatic N) is 4. The highest BCUT2D eigenvalue weighted by molar-refractivity contribution is 14.1. The predicted octanol–water partition coefficient (Wildman–Crippen LogP) is 0.564. The van der Waals surface area contributed by atoms with E-state index < -0.39 is 0 Å². The maximum Gasteiger partial charge on any atom is 0.179 e. The average molecular weight is 286 g/mol. The van der Waals surface area contributed by atoms with Gasteiger partial charge in [-0.15, -0.1) is 0 Å². The molecule has 0 saturated carbocycles. The van der Waals surface area contributed by atoms with Gasteiger partial charge in [0.05, 0.1) is 22.9 Å². The zero-order valence-corrected chi connectivity index (χ0v) is 8.40. The van der Waals surface area contributed by atoms with E-state index in [1.165, 1.54) is 0 Å². The van der Waals surface area contributed by atoms with Gasteiger partial charge in [0.1, 0.15) is 12.1 Å². The van der Waals surface area contributed by atoms with Crippen molar-refractivity contribution in [2.45, 2.75) is 0 Å². The number of aromatic nitrogens is 2. The second-order valence-corrected chi connectivity index (χ2v) is 2.51. The monoisotopic (exact) mass is 286 g/mol. The van der Waals surface area contributed by atoms with Crippen molar-refractivity contribution in [1.29, 1.82) is 10.5 Å². The van der Waals surface area contributed by atoms with Gasteiger partial charge < -0.3 is 9.26 Å². The summed E-state index contributed by atoms with van der Waals surface area (Å²) in [5, 5.41) is 17.1. The lowest BCUT2D eigenvalue weighted by atomic mass is 10.3. The lowest BCUT2D eigenvalue weighted by molar-refractivity contribution is 1.15. The van der Waals surface area contributed by atoms with Gasteiger partial charge in [0.15, 0.2) is 23.0 Å². The zero-order valence-electron chi connectivity index (χ0n) is 6.24. The van der Waals surface area contributed by atoms with E-state index in [2.05, 4.69) is 13.5 Å². The fourth-order valence-corrected chi connectivity index (χ4v) is 1.07. The van der Waals surface area contributed by atoms with E-state index in [1.54, 1.807) is 12.1 Å². The maximum absolute atomic E-state index is 8.59. The summed E-state index contributed by atoms with van der Waals surface area (Å²) in [6.07, 6.45) is 0. The number of nitrogens with one attached hydrogen (secondary N) is 1. The smallest absolute Gasteiger partial charge is 0.179 e. The van der Waals surface area contributed by atoms with Crippen LogP contribution in [0.2, 0.25) is 0 Å². The molecule has 1 aromatic rings. The SMILES string of the molecule is N#Cc1nc(N)c(NI)nc1C#N. The quantitative estimate of drug-likeness (QED) is 0.576. The summed E-state index contributed by atoms with van der Waals surface area (Å²) in [4.78, 5) is 7.49. The van der Waals surface area contributed by atoms with Crippen LogP contribution in [0.3, 0.4) is 0 Å². The highest BCUT2D eigenvalue weighted by atomic mass is 127. The number of hydrogen-bond acceptors (Lipinski definition) is 6. The molecule has 0 aliphatic heterocycles. The van der Waals surface area contributed by atoms with Crippen LogP contribution in [0.4, 0.5) is 11.6 Å². The Morgan fingerprint density at radius 2 is 1.77 bits per heavy atom. The molecule has 13 heavy (non-hydrogen) atoms. The van der Waals surface area contributed by atoms with Gasteiger partial charge in [0.2, 0.25) is 0 Å². The van der Waals surface area contributed by atoms with Crippen molar-refractivity contribution in [2.24, 2.45) is 0 Å². The largest absolute Gasteiger partial charge is 0.381 e. The Kier molecular flexibility index (Phi) is 2.82. The molecule has 0 fully saturated rings. The van der Waals surface area contributed by atoms with E-state index in [0.717, 1.165) is 0 Å². The molecular weight excluding hydrogens is 283 g/mol. The minimum absolute atomic E-state index is 0.0316. The summed E-state index contributed by atoms with van der Waals surface area (Å²) in [6.45, 7) is 0. The summed E-state index contributed by atoms with van der Waals surface area (Å²) in [5.74, 6) is 0.390. The highest BCUT2D eigenvalue weighted by Crippen LogP contribution is 2.16. The third-order valence-electron chi connectivity index (χ3n) is 1.22. The molecular formula is C6H3IN6. The average Bonchev–Trinajstić information content (AvgIpc) is 2.17. The summed E-state index contributed by atoms with van der Waals surface area (Å²) in [6, 6.07) is 3.49. The minimum Gasteiger partial charge on any atom is -0.381 e. The Morgan fingerprint density at radius 3 is 2.23 bits per heavy atom. The van der Waals surface area contributed by atoms with Gasteiger partial charge in [-0.2, -0.15) is 10.5 Å². The van der Waals surface area contributed by atoms with E-state index in [0.29, 0.717) is 0 Å². The van der Waals surface area contributed by atoms with Crippen LogP contribution < -0.4 is 9.26 Å². The third-order valence-corrected chi connectivity index (χ3v) is 1.73. The molecule has 0 aromatic carbocycles. The Labute approximate surface area is 87.9 Å². The van der Waals surface area contributed by atoms with Crippen molar-refractivity contribution in [3.8, 4) is 12.1 Å². The second kappa shape index (κ2) is 3.87. The van der Waals surface area contributed by atoms with Crippen molar-refractivity contribution < 1.29 is 0 Å². The van der Waals surface area contributed by atoms with E-state index >= 15 is 0 Å². The Balaban J connectivity index is 3.39. The summed E-state index contributed by atoms with van der Waals surface area (Å²) in [5.41, 5.74) is 5.34. The predicted molar refractivity (Wildman–Crippen MR) is 53.5 cm³/mol. The van der Waals surface area contributed by atoms with Crippen molar-refractivity contribution in [1.82, 2.24) is 9.97 Å². The van der Waals surface area contributed by atoms with Gasteiger partial charge in [0, 0.05) is 0 Å². The first-order valence-corrected chi connectivity index (χ1v) is 4.15. The zero-order chi connectivity index (χ0) is 9.84. The first kappa shape index (κ1) is 9.48. The molecule has 0 aliphatic rings. The van der Waals surface area contributed by atoms with Crippen LogP contribution in [0.5, 0.6) is 0 Å². The molecule has 1 heterocycles. The van der Waals surface area contributed by atoms with Crippen LogP contribution in [0.15, 0.2) is 0 Å². The molecule has 3 N–H and O–H groups in total. The summed E-state index contributed by atoms with van der Waals surface area (Å²) >= 11 is 1.81. The van der Waals surface area contributed by atoms with Crippen molar-refractivity contribution >= 4 is 34.5 Å². The molecule has 0 amide bonds. The lowest BCUT2D eigenvalue weighted by Gasteiger charge is -2.01. The Bertz CT molecular complexity index is 414. The molecule has 64 valence electrons. The number of nitrogen functional groups attached to an aromatic ring is 1. The Morgan fingerprint density at radius 1 is 1.23 bits per heavy atom. The standard InChI is InChI=1S/C6H3IN6/c7-13-6-5(10)11-3(1-8)4(2-9)12-6/h(H2,10,11)(H,12,13). The third kappa shape index (κ3) is 1.76. The number of anilines is 2. The van der Waals surface area contributed by atoms with E-state index in [-0.39, 0.29) is 23.0 Å². The van der Waals surface area contributed by atoms with Gasteiger partial charge in [-0.25, -0.2) is 9.97 Å². The molecule has 1 aromatic heterocycles. The topological polar surface area (TPSA) is 111 Å². The minimum atomic E-state index is -0.0598. The molecule has 0 aliphatic carbocycles. The molecule has 7 heteroatoms. The summed E-state index contributed by atoms with van der Waals surface area (Å²) in [7, 11) is 0. The van der Waals surface area contributed by atoms with E-state index in [4.69, 9.17) is 16.3 Å². The van der Waals surface area contributed by atoms with Crippen LogP contribution in [-0.2, 0) is 0 Å². The summed E-state index contributed by atoms with van der Waals surface area (Å²) < 4.78 is 2.63. The van der Waals surface area contributed by atoms with Gasteiger partial charge in [0.25, 0.3) is 0 Å². The van der Waals surface area contributed by atoms with Gasteiger partial charge in [-0.3, -0.25) is 0 Å². The van der Waals surface area contributed by atoms with Crippen LogP contribution in [0, 0.1) is 22.7 Å². The first-order chi connectivity index (χ1) is 6.22. The normalized spacial score (nSPS) is 8.54. The molecule has 0 radical (unpaired) electrons. The maximum atomic E-state index is 8.59. The molecule has 0 saturated heterocycles. The van der Waals surface area contributed by atoms with E-state index in [9.17, 15) is 0 Å². The number of nitrogens with two attached hydrogens (primary N) is 1. The van der Waals surface area contributed by atoms with Gasteiger partial charge in [-0.1, -0.05) is 0 Å². The molecule has 0 spiro atoms. The number of rotatable bonds is 1. The molecule has 6 nitrogen and oxygen atoms in total. The van der Waals surface area contributed by atoms with Crippen LogP contribution in [-0.4, -0.2) is 9.97 Å². The Hall–Kier alpha value is -1.61. The number of hydrogen-bond donors (Lipinski definition) is 2. The fraction of sp³-hybridized carbons (Fsp3) is 0. The fourth-order valence-electron chi connectivity index (χ4n) is 0.674. The van der Waals surface area contributed by atoms with Crippen molar-refractivity contribution in [3.05, 3.63) is 11.4 Å². The van der Waals surface area contributed by atoms with Crippen LogP contribution in [0.25, 0.3) is 0 Å². The molecule has 1 rings (SSSR count). The molecule has 0 bridgehead atoms. The van der Waals surface area contributed by atoms with Crippen LogP contribution in [0.1, 0.15) is 11.4 Å². The van der Waals surface area contributed by atoms with Gasteiger partial charge in [-0.05, 0) is 0 Å².